The Hall–Kier alpha value is -3.40. The number of rotatable bonds is 4. The van der Waals surface area contributed by atoms with Crippen molar-refractivity contribution in [1.29, 1.82) is 0 Å². The molecule has 3 aliphatic heterocycles. The van der Waals surface area contributed by atoms with E-state index in [0.29, 0.717) is 56.2 Å². The number of amides is 2. The van der Waals surface area contributed by atoms with Gasteiger partial charge in [0.1, 0.15) is 0 Å². The van der Waals surface area contributed by atoms with Crippen LogP contribution >= 0.6 is 0 Å². The Bertz CT molecular complexity index is 1270. The summed E-state index contributed by atoms with van der Waals surface area (Å²) in [6.07, 6.45) is 5.42. The molecule has 10 heteroatoms. The van der Waals surface area contributed by atoms with Crippen LogP contribution in [0.4, 0.5) is 0 Å². The number of hydrogen-bond donors (Lipinski definition) is 2. The number of benzene rings is 1. The first kappa shape index (κ1) is 28.1. The van der Waals surface area contributed by atoms with Crippen molar-refractivity contribution in [2.75, 3.05) is 39.9 Å². The lowest BCUT2D eigenvalue weighted by molar-refractivity contribution is -0.136. The minimum absolute atomic E-state index is 0.0406. The molecule has 1 aromatic carbocycles. The summed E-state index contributed by atoms with van der Waals surface area (Å²) in [5.74, 6) is 1.64. The fraction of sp³-hybridized carbons (Fsp3) is 0.600. The van der Waals surface area contributed by atoms with Crippen LogP contribution in [-0.2, 0) is 16.0 Å². The number of methoxy groups -OCH3 is 1. The number of nitrogens with one attached hydrogen (secondary N) is 2. The van der Waals surface area contributed by atoms with Crippen molar-refractivity contribution in [3.63, 3.8) is 0 Å². The molecule has 10 nitrogen and oxygen atoms in total. The summed E-state index contributed by atoms with van der Waals surface area (Å²) in [5.41, 5.74) is 3.08. The standard InChI is InChI=1S/C30H41N5O5/c1-19-23(20(2)33-30(38)32-19)9-11-29(37)34-12-4-5-14-40-27-16-21(8-10-26(27)39-3)25-15-22(17-31-28(36)18-34)24-7-6-13-35(24)25/h8,10,16,22,24-25H,4-7,9,11-15,17-18H2,1-3H3,(H,31,36)(H,32,33,38)/t22-,24+,25-/m1/s1. The molecule has 0 spiro atoms. The second-order valence-electron chi connectivity index (χ2n) is 11.3. The maximum Gasteiger partial charge on any atom is 0.345 e. The van der Waals surface area contributed by atoms with Gasteiger partial charge in [-0.1, -0.05) is 6.07 Å². The molecule has 2 N–H and O–H groups in total. The molecule has 3 atom stereocenters. The van der Waals surface area contributed by atoms with Crippen molar-refractivity contribution in [2.45, 2.75) is 70.9 Å². The number of carbonyl (C=O) groups is 2. The molecule has 0 unspecified atom stereocenters. The molecule has 5 rings (SSSR count). The summed E-state index contributed by atoms with van der Waals surface area (Å²) < 4.78 is 11.8. The Morgan fingerprint density at radius 3 is 2.83 bits per heavy atom. The lowest BCUT2D eigenvalue weighted by Crippen LogP contribution is -2.43. The summed E-state index contributed by atoms with van der Waals surface area (Å²) in [7, 11) is 1.66. The summed E-state index contributed by atoms with van der Waals surface area (Å²) in [4.78, 5) is 49.0. The highest BCUT2D eigenvalue weighted by atomic mass is 16.5. The van der Waals surface area contributed by atoms with Crippen molar-refractivity contribution < 1.29 is 19.1 Å². The number of H-pyrrole nitrogens is 1. The third-order valence-corrected chi connectivity index (χ3v) is 8.76. The van der Waals surface area contributed by atoms with Crippen LogP contribution in [-0.4, -0.2) is 77.5 Å². The van der Waals surface area contributed by atoms with Gasteiger partial charge in [-0.3, -0.25) is 14.5 Å². The van der Waals surface area contributed by atoms with E-state index in [1.54, 1.807) is 18.9 Å². The average Bonchev–Trinajstić information content (AvgIpc) is 3.53. The molecule has 1 aromatic heterocycles. The van der Waals surface area contributed by atoms with Gasteiger partial charge in [0.25, 0.3) is 0 Å². The summed E-state index contributed by atoms with van der Waals surface area (Å²) in [6, 6.07) is 7.00. The number of carbonyl (C=O) groups excluding carboxylic acids is 2. The van der Waals surface area contributed by atoms with Gasteiger partial charge in [-0.05, 0) is 88.1 Å². The first-order chi connectivity index (χ1) is 19.3. The number of hydrogen-bond acceptors (Lipinski definition) is 7. The Balaban J connectivity index is 1.31. The van der Waals surface area contributed by atoms with E-state index in [1.807, 2.05) is 13.0 Å². The predicted molar refractivity (Wildman–Crippen MR) is 151 cm³/mol. The van der Waals surface area contributed by atoms with Crippen LogP contribution in [0.5, 0.6) is 11.5 Å². The van der Waals surface area contributed by atoms with Crippen LogP contribution in [0.2, 0.25) is 0 Å². The predicted octanol–water partition coefficient (Wildman–Crippen LogP) is 2.67. The van der Waals surface area contributed by atoms with Gasteiger partial charge < -0.3 is 24.7 Å². The van der Waals surface area contributed by atoms with Crippen molar-refractivity contribution in [3.8, 4) is 11.5 Å². The normalized spacial score (nSPS) is 23.8. The van der Waals surface area contributed by atoms with Crippen LogP contribution in [0, 0.1) is 19.8 Å². The van der Waals surface area contributed by atoms with Crippen LogP contribution in [0.25, 0.3) is 0 Å². The van der Waals surface area contributed by atoms with Gasteiger partial charge >= 0.3 is 5.69 Å². The second kappa shape index (κ2) is 12.4. The van der Waals surface area contributed by atoms with E-state index in [2.05, 4.69) is 32.3 Å². The van der Waals surface area contributed by atoms with Gasteiger partial charge in [-0.25, -0.2) is 4.79 Å². The topological polar surface area (TPSA) is 117 Å². The molecule has 3 aliphatic rings. The largest absolute Gasteiger partial charge is 0.493 e. The van der Waals surface area contributed by atoms with Crippen LogP contribution in [0.3, 0.4) is 0 Å². The molecule has 4 heterocycles. The number of aromatic amines is 1. The molecule has 0 saturated carbocycles. The number of aryl methyl sites for hydroxylation is 2. The highest BCUT2D eigenvalue weighted by molar-refractivity contribution is 5.85. The van der Waals surface area contributed by atoms with Crippen LogP contribution in [0.15, 0.2) is 23.0 Å². The Kier molecular flexibility index (Phi) is 8.73. The minimum atomic E-state index is -0.385. The van der Waals surface area contributed by atoms with Crippen LogP contribution < -0.4 is 20.5 Å². The van der Waals surface area contributed by atoms with E-state index < -0.39 is 0 Å². The first-order valence-corrected chi connectivity index (χ1v) is 14.5. The summed E-state index contributed by atoms with van der Waals surface area (Å²) >= 11 is 0. The average molecular weight is 552 g/mol. The van der Waals surface area contributed by atoms with E-state index in [1.165, 1.54) is 5.56 Å². The molecule has 0 aliphatic carbocycles. The Morgan fingerprint density at radius 1 is 1.18 bits per heavy atom. The van der Waals surface area contributed by atoms with Gasteiger partial charge in [0.2, 0.25) is 11.8 Å². The van der Waals surface area contributed by atoms with E-state index in [4.69, 9.17) is 9.47 Å². The molecule has 2 amide bonds. The molecular weight excluding hydrogens is 510 g/mol. The highest BCUT2D eigenvalue weighted by Gasteiger charge is 2.44. The molecule has 2 fully saturated rings. The molecule has 2 aromatic rings. The third-order valence-electron chi connectivity index (χ3n) is 8.76. The Labute approximate surface area is 235 Å². The van der Waals surface area contributed by atoms with E-state index in [0.717, 1.165) is 55.0 Å². The van der Waals surface area contributed by atoms with Gasteiger partial charge in [0, 0.05) is 43.0 Å². The number of aromatic nitrogens is 2. The molecule has 0 radical (unpaired) electrons. The quantitative estimate of drug-likeness (QED) is 0.600. The highest BCUT2D eigenvalue weighted by Crippen LogP contribution is 2.46. The maximum absolute atomic E-state index is 13.3. The van der Waals surface area contributed by atoms with Crippen LogP contribution in [0.1, 0.15) is 67.1 Å². The number of fused-ring (bicyclic) bond motifs is 8. The van der Waals surface area contributed by atoms with Gasteiger partial charge in [0.05, 0.1) is 20.3 Å². The van der Waals surface area contributed by atoms with E-state index >= 15 is 0 Å². The lowest BCUT2D eigenvalue weighted by Gasteiger charge is -2.25. The molecule has 216 valence electrons. The first-order valence-electron chi connectivity index (χ1n) is 14.5. The third kappa shape index (κ3) is 6.16. The molecule has 4 bridgehead atoms. The smallest absolute Gasteiger partial charge is 0.345 e. The van der Waals surface area contributed by atoms with Crippen molar-refractivity contribution >= 4 is 11.8 Å². The van der Waals surface area contributed by atoms with Crippen molar-refractivity contribution in [3.05, 3.63) is 51.2 Å². The fourth-order valence-corrected chi connectivity index (χ4v) is 6.71. The molecule has 2 saturated heterocycles. The number of ether oxygens (including phenoxy) is 2. The monoisotopic (exact) mass is 551 g/mol. The second-order valence-corrected chi connectivity index (χ2v) is 11.3. The SMILES string of the molecule is COc1ccc2cc1OCCCCN(C(=O)CCc1c(C)nc(=O)[nH]c1C)CC(=O)NC[C@H]1C[C@H]2N2CCC[C@@H]12. The lowest BCUT2D eigenvalue weighted by atomic mass is 9.94. The summed E-state index contributed by atoms with van der Waals surface area (Å²) in [6.45, 7) is 6.28. The zero-order chi connectivity index (χ0) is 28.2. The van der Waals surface area contributed by atoms with Gasteiger partial charge in [-0.15, -0.1) is 0 Å². The Morgan fingerprint density at radius 2 is 2.02 bits per heavy atom. The number of nitrogens with zero attached hydrogens (tertiary/aromatic N) is 3. The summed E-state index contributed by atoms with van der Waals surface area (Å²) in [5, 5.41) is 3.16. The van der Waals surface area contributed by atoms with E-state index in [9.17, 15) is 14.4 Å². The minimum Gasteiger partial charge on any atom is -0.493 e. The molecular formula is C30H41N5O5. The van der Waals surface area contributed by atoms with Crippen molar-refractivity contribution in [1.82, 2.24) is 25.1 Å². The zero-order valence-electron chi connectivity index (χ0n) is 23.8. The van der Waals surface area contributed by atoms with E-state index in [-0.39, 0.29) is 30.5 Å². The zero-order valence-corrected chi connectivity index (χ0v) is 23.8. The molecule has 40 heavy (non-hydrogen) atoms. The maximum atomic E-state index is 13.3. The van der Waals surface area contributed by atoms with Gasteiger partial charge in [0.15, 0.2) is 11.5 Å². The van der Waals surface area contributed by atoms with Crippen molar-refractivity contribution in [2.24, 2.45) is 5.92 Å². The van der Waals surface area contributed by atoms with Gasteiger partial charge in [-0.2, -0.15) is 4.98 Å². The fourth-order valence-electron chi connectivity index (χ4n) is 6.71.